The van der Waals surface area contributed by atoms with Crippen LogP contribution in [0.25, 0.3) is 33.4 Å². The number of piperidine rings is 1. The minimum atomic E-state index is -1.15. The molecule has 0 radical (unpaired) electrons. The van der Waals surface area contributed by atoms with Gasteiger partial charge in [0, 0.05) is 92.1 Å². The Morgan fingerprint density at radius 3 is 2.70 bits per heavy atom. The van der Waals surface area contributed by atoms with Gasteiger partial charge < -0.3 is 38.5 Å². The molecule has 7 atom stereocenters. The second-order valence-electron chi connectivity index (χ2n) is 19.6. The van der Waals surface area contributed by atoms with Crippen molar-refractivity contribution < 1.29 is 38.1 Å². The third-order valence-corrected chi connectivity index (χ3v) is 15.5. The van der Waals surface area contributed by atoms with E-state index in [1.165, 1.54) is 21.9 Å². The summed E-state index contributed by atoms with van der Waals surface area (Å²) in [5, 5.41) is 8.13. The van der Waals surface area contributed by atoms with Gasteiger partial charge in [0.25, 0.3) is 5.91 Å². The van der Waals surface area contributed by atoms with Gasteiger partial charge >= 0.3 is 12.0 Å². The van der Waals surface area contributed by atoms with Crippen LogP contribution in [0.2, 0.25) is 0 Å². The van der Waals surface area contributed by atoms with E-state index < -0.39 is 35.5 Å². The molecule has 3 amide bonds. The predicted molar refractivity (Wildman–Crippen MR) is 256 cm³/mol. The summed E-state index contributed by atoms with van der Waals surface area (Å²) >= 11 is 1.40. The van der Waals surface area contributed by atoms with Gasteiger partial charge in [0.2, 0.25) is 0 Å². The molecule has 0 spiro atoms. The standard InChI is InChI=1S/C50H68N8O8S/c1-8-56-41-13-12-32-22-36(41)38(44(56)37-23-33(25-51-42(37)30(3)63-7)31-14-17-55-19-20-64-27-35(55)21-31)24-50(4,5)29-66-48(60)39-11-10-16-58(54-39)47(59)43(45(65-9-2)46-52-40(32)28-67-46)53-49(61)57-18-15-34(57)26-62-6/h12-13,22-23,25,28,30-31,34-35,39,43,45,54H,8-11,14-21,24,26-27,29H2,1-7H3,(H,53,61)/t30-,31-,34-,35-,39-,43-,45-/m0/s1. The molecule has 5 aliphatic rings. The molecule has 0 unspecified atom stereocenters. The smallest absolute Gasteiger partial charge is 0.324 e. The number of nitrogens with one attached hydrogen (secondary N) is 2. The number of carbonyl (C=O) groups is 3. The molecule has 362 valence electrons. The number of esters is 1. The Bertz CT molecular complexity index is 2440. The number of ether oxygens (including phenoxy) is 5. The number of benzene rings is 1. The highest BCUT2D eigenvalue weighted by Crippen LogP contribution is 2.44. The fraction of sp³-hybridized carbons (Fsp3) is 0.620. The zero-order valence-electron chi connectivity index (χ0n) is 40.2. The van der Waals surface area contributed by atoms with Crippen LogP contribution < -0.4 is 10.7 Å². The Hall–Kier alpha value is -4.49. The van der Waals surface area contributed by atoms with Crippen molar-refractivity contribution in [2.24, 2.45) is 5.41 Å². The highest BCUT2D eigenvalue weighted by molar-refractivity contribution is 7.10. The number of aryl methyl sites for hydroxylation is 1. The number of amides is 3. The van der Waals surface area contributed by atoms with Crippen molar-refractivity contribution >= 4 is 40.1 Å². The van der Waals surface area contributed by atoms with Crippen molar-refractivity contribution in [3.63, 3.8) is 0 Å². The number of cyclic esters (lactones) is 1. The molecule has 5 aliphatic heterocycles. The van der Waals surface area contributed by atoms with Crippen LogP contribution in [0.15, 0.2) is 35.8 Å². The van der Waals surface area contributed by atoms with Gasteiger partial charge in [-0.3, -0.25) is 24.5 Å². The van der Waals surface area contributed by atoms with Gasteiger partial charge in [-0.15, -0.1) is 11.3 Å². The van der Waals surface area contributed by atoms with E-state index >= 15 is 0 Å². The maximum Gasteiger partial charge on any atom is 0.324 e. The molecule has 9 rings (SSSR count). The van der Waals surface area contributed by atoms with Crippen molar-refractivity contribution in [1.82, 2.24) is 40.1 Å². The molecule has 67 heavy (non-hydrogen) atoms. The summed E-state index contributed by atoms with van der Waals surface area (Å²) in [5.41, 5.74) is 10.8. The molecule has 3 aromatic heterocycles. The first-order chi connectivity index (χ1) is 32.4. The third kappa shape index (κ3) is 9.62. The predicted octanol–water partition coefficient (Wildman–Crippen LogP) is 6.63. The van der Waals surface area contributed by atoms with Crippen LogP contribution in [0.1, 0.15) is 107 Å². The van der Waals surface area contributed by atoms with Crippen LogP contribution in [-0.2, 0) is 46.2 Å². The molecule has 17 heteroatoms. The Morgan fingerprint density at radius 2 is 1.94 bits per heavy atom. The lowest BCUT2D eigenvalue weighted by Crippen LogP contribution is -2.64. The SMILES string of the molecule is CCO[C@@H]1c2nc(cs2)-c2ccc3c(c2)c(c(-c2cc([C@H]4CCN5CCOC[C@@H]5C4)cnc2[C@H](C)OC)n3CC)CC(C)(C)COC(=O)[C@@H]2CCCN(N2)C(=O)[C@H]1NC(=O)N1CC[C@H]1COC. The normalized spacial score (nSPS) is 26.4. The van der Waals surface area contributed by atoms with Gasteiger partial charge in [-0.1, -0.05) is 19.9 Å². The van der Waals surface area contributed by atoms with Crippen LogP contribution in [0, 0.1) is 5.41 Å². The first-order valence-electron chi connectivity index (χ1n) is 24.3. The fourth-order valence-electron chi connectivity index (χ4n) is 10.8. The van der Waals surface area contributed by atoms with Crippen molar-refractivity contribution in [2.75, 3.05) is 73.4 Å². The quantitative estimate of drug-likeness (QED) is 0.164. The summed E-state index contributed by atoms with van der Waals surface area (Å²) in [5.74, 6) is -0.504. The zero-order valence-corrected chi connectivity index (χ0v) is 41.0. The van der Waals surface area contributed by atoms with Gasteiger partial charge in [0.1, 0.15) is 23.2 Å². The molecule has 2 N–H and O–H groups in total. The van der Waals surface area contributed by atoms with Crippen LogP contribution >= 0.6 is 11.3 Å². The first kappa shape index (κ1) is 47.6. The number of carbonyl (C=O) groups excluding carboxylic acids is 3. The highest BCUT2D eigenvalue weighted by Gasteiger charge is 2.43. The number of methoxy groups -OCH3 is 2. The van der Waals surface area contributed by atoms with Crippen molar-refractivity contribution in [3.8, 4) is 22.5 Å². The summed E-state index contributed by atoms with van der Waals surface area (Å²) in [6.07, 6.45) is 5.41. The molecule has 8 heterocycles. The molecule has 1 aromatic carbocycles. The number of thiazole rings is 1. The molecule has 6 bridgehead atoms. The number of rotatable bonds is 10. The summed E-state index contributed by atoms with van der Waals surface area (Å²) < 4.78 is 32.4. The lowest BCUT2D eigenvalue weighted by molar-refractivity contribution is -0.156. The van der Waals surface area contributed by atoms with Crippen LogP contribution in [-0.4, -0.2) is 145 Å². The topological polar surface area (TPSA) is 162 Å². The maximum atomic E-state index is 14.7. The van der Waals surface area contributed by atoms with Gasteiger partial charge in [-0.2, -0.15) is 0 Å². The Morgan fingerprint density at radius 1 is 1.09 bits per heavy atom. The molecule has 4 saturated heterocycles. The number of nitrogens with zero attached hydrogens (tertiary/aromatic N) is 6. The van der Waals surface area contributed by atoms with E-state index in [0.717, 1.165) is 90.2 Å². The average molecular weight is 941 g/mol. The van der Waals surface area contributed by atoms with Crippen molar-refractivity contribution in [3.05, 3.63) is 57.7 Å². The number of urea groups is 1. The Kier molecular flexibility index (Phi) is 14.4. The number of hydrogen-bond acceptors (Lipinski definition) is 13. The Balaban J connectivity index is 1.17. The molecule has 0 saturated carbocycles. The molecule has 0 aliphatic carbocycles. The number of aromatic nitrogens is 3. The molecule has 4 aromatic rings. The van der Waals surface area contributed by atoms with E-state index in [0.29, 0.717) is 62.5 Å². The van der Waals surface area contributed by atoms with Crippen molar-refractivity contribution in [1.29, 1.82) is 0 Å². The van der Waals surface area contributed by atoms with Gasteiger partial charge in [0.15, 0.2) is 0 Å². The fourth-order valence-corrected chi connectivity index (χ4v) is 11.7. The number of hydrazine groups is 1. The number of likely N-dealkylation sites (tertiary alicyclic amines) is 1. The minimum Gasteiger partial charge on any atom is -0.464 e. The molecule has 16 nitrogen and oxygen atoms in total. The maximum absolute atomic E-state index is 14.7. The number of morpholine rings is 1. The van der Waals surface area contributed by atoms with Gasteiger partial charge in [0.05, 0.1) is 55.7 Å². The van der Waals surface area contributed by atoms with Gasteiger partial charge in [-0.05, 0) is 101 Å². The second kappa shape index (κ2) is 20.2. The molecule has 4 fully saturated rings. The molecular weight excluding hydrogens is 873 g/mol. The van der Waals surface area contributed by atoms with E-state index in [9.17, 15) is 14.4 Å². The zero-order chi connectivity index (χ0) is 47.0. The monoisotopic (exact) mass is 940 g/mol. The van der Waals surface area contributed by atoms with Crippen LogP contribution in [0.5, 0.6) is 0 Å². The lowest BCUT2D eigenvalue weighted by Gasteiger charge is -2.42. The highest BCUT2D eigenvalue weighted by atomic mass is 32.1. The van der Waals surface area contributed by atoms with Crippen molar-refractivity contribution in [2.45, 2.75) is 122 Å². The molecular formula is C50H68N8O8S. The van der Waals surface area contributed by atoms with E-state index in [4.69, 9.17) is 33.7 Å². The van der Waals surface area contributed by atoms with Crippen LogP contribution in [0.4, 0.5) is 4.79 Å². The number of pyridine rings is 1. The number of fused-ring (bicyclic) bond motifs is 7. The second-order valence-corrected chi connectivity index (χ2v) is 20.5. The largest absolute Gasteiger partial charge is 0.464 e. The number of hydrogen-bond donors (Lipinski definition) is 2. The lowest BCUT2D eigenvalue weighted by atomic mass is 9.82. The summed E-state index contributed by atoms with van der Waals surface area (Å²) in [4.78, 5) is 57.4. The van der Waals surface area contributed by atoms with Crippen LogP contribution in [0.3, 0.4) is 0 Å². The Labute approximate surface area is 398 Å². The van der Waals surface area contributed by atoms with E-state index in [1.807, 2.05) is 12.3 Å². The van der Waals surface area contributed by atoms with E-state index in [2.05, 4.69) is 78.4 Å². The van der Waals surface area contributed by atoms with E-state index in [1.54, 1.807) is 19.1 Å². The summed E-state index contributed by atoms with van der Waals surface area (Å²) in [7, 11) is 3.35. The minimum absolute atomic E-state index is 0.0962. The first-order valence-corrected chi connectivity index (χ1v) is 25.2. The average Bonchev–Trinajstić information content (AvgIpc) is 3.94. The third-order valence-electron chi connectivity index (χ3n) is 14.6. The summed E-state index contributed by atoms with van der Waals surface area (Å²) in [6.45, 7) is 16.4. The summed E-state index contributed by atoms with van der Waals surface area (Å²) in [6, 6.07) is 6.88. The van der Waals surface area contributed by atoms with E-state index in [-0.39, 0.29) is 31.4 Å². The van der Waals surface area contributed by atoms with Gasteiger partial charge in [-0.25, -0.2) is 15.2 Å².